The molecule has 0 saturated carbocycles. The topological polar surface area (TPSA) is 0 Å². The van der Waals surface area contributed by atoms with Gasteiger partial charge in [-0.15, -0.1) is 0 Å². The molecule has 0 fully saturated rings. The molecule has 0 aliphatic heterocycles. The Morgan fingerprint density at radius 1 is 1.33 bits per heavy atom. The summed E-state index contributed by atoms with van der Waals surface area (Å²) < 4.78 is 0. The third kappa shape index (κ3) is 1.90. The van der Waals surface area contributed by atoms with E-state index in [1.54, 1.807) is 0 Å². The van der Waals surface area contributed by atoms with Gasteiger partial charge in [-0.1, -0.05) is 32.0 Å². The van der Waals surface area contributed by atoms with Crippen LogP contribution < -0.4 is 5.19 Å². The van der Waals surface area contributed by atoms with Crippen LogP contribution in [0.5, 0.6) is 0 Å². The molecular formula is C10H13ClSi. The Labute approximate surface area is 81.5 Å². The Balaban J connectivity index is 3.20. The van der Waals surface area contributed by atoms with Crippen molar-refractivity contribution < 1.29 is 0 Å². The predicted molar refractivity (Wildman–Crippen MR) is 56.5 cm³/mol. The van der Waals surface area contributed by atoms with Gasteiger partial charge in [-0.3, -0.25) is 0 Å². The molecule has 0 saturated heterocycles. The van der Waals surface area contributed by atoms with E-state index in [1.807, 2.05) is 0 Å². The summed E-state index contributed by atoms with van der Waals surface area (Å²) >= 11 is 5.88. The molecule has 0 unspecified atom stereocenters. The van der Waals surface area contributed by atoms with Gasteiger partial charge < -0.3 is 0 Å². The number of hydrogen-bond acceptors (Lipinski definition) is 0. The van der Waals surface area contributed by atoms with Gasteiger partial charge in [0, 0.05) is 0 Å². The predicted octanol–water partition coefficient (Wildman–Crippen LogP) is 2.60. The SMILES string of the molecule is Cc1cccc([Si]Cl)c1C(C)C. The van der Waals surface area contributed by atoms with E-state index in [1.165, 1.54) is 16.3 Å². The molecule has 0 aromatic heterocycles. The van der Waals surface area contributed by atoms with Crippen LogP contribution in [0.2, 0.25) is 0 Å². The largest absolute Gasteiger partial charge is 0.210 e. The molecule has 2 radical (unpaired) electrons. The first-order valence-corrected chi connectivity index (χ1v) is 6.14. The van der Waals surface area contributed by atoms with Gasteiger partial charge in [-0.2, -0.15) is 11.1 Å². The molecule has 0 nitrogen and oxygen atoms in total. The lowest BCUT2D eigenvalue weighted by Crippen LogP contribution is -2.17. The maximum absolute atomic E-state index is 5.88. The second kappa shape index (κ2) is 4.10. The lowest BCUT2D eigenvalue weighted by Gasteiger charge is -2.13. The van der Waals surface area contributed by atoms with Gasteiger partial charge >= 0.3 is 0 Å². The maximum atomic E-state index is 5.88. The molecule has 0 aliphatic carbocycles. The number of hydrogen-bond donors (Lipinski definition) is 0. The highest BCUT2D eigenvalue weighted by atomic mass is 35.6. The Hall–Kier alpha value is -0.273. The third-order valence-electron chi connectivity index (χ3n) is 2.00. The molecule has 0 N–H and O–H groups in total. The standard InChI is InChI=1S/C10H13ClSi/c1-7(2)10-8(3)5-4-6-9(10)12-11/h4-7H,1-3H3. The molecule has 0 aliphatic rings. The quantitative estimate of drug-likeness (QED) is 0.504. The molecule has 0 heterocycles. The van der Waals surface area contributed by atoms with E-state index in [-0.39, 0.29) is 0 Å². The Bertz CT molecular complexity index is 269. The number of halogens is 1. The lowest BCUT2D eigenvalue weighted by atomic mass is 9.98. The highest BCUT2D eigenvalue weighted by Crippen LogP contribution is 2.16. The minimum atomic E-state index is 0.390. The van der Waals surface area contributed by atoms with Crippen LogP contribution in [0.4, 0.5) is 0 Å². The van der Waals surface area contributed by atoms with E-state index in [0.29, 0.717) is 14.7 Å². The molecule has 0 spiro atoms. The van der Waals surface area contributed by atoms with E-state index in [9.17, 15) is 0 Å². The lowest BCUT2D eigenvalue weighted by molar-refractivity contribution is 0.863. The molecule has 0 atom stereocenters. The van der Waals surface area contributed by atoms with Gasteiger partial charge in [0.1, 0.15) is 0 Å². The molecule has 2 heteroatoms. The first kappa shape index (κ1) is 9.81. The van der Waals surface area contributed by atoms with Crippen molar-refractivity contribution in [1.82, 2.24) is 0 Å². The van der Waals surface area contributed by atoms with E-state index in [0.717, 1.165) is 0 Å². The summed E-state index contributed by atoms with van der Waals surface area (Å²) in [6.45, 7) is 6.57. The second-order valence-corrected chi connectivity index (χ2v) is 4.58. The van der Waals surface area contributed by atoms with Crippen LogP contribution in [-0.2, 0) is 0 Å². The van der Waals surface area contributed by atoms with Crippen molar-refractivity contribution in [3.8, 4) is 0 Å². The van der Waals surface area contributed by atoms with Crippen LogP contribution in [0.15, 0.2) is 18.2 Å². The summed E-state index contributed by atoms with van der Waals surface area (Å²) in [5.41, 5.74) is 2.78. The van der Waals surface area contributed by atoms with E-state index < -0.39 is 0 Å². The summed E-state index contributed by atoms with van der Waals surface area (Å²) in [5.74, 6) is 0.576. The van der Waals surface area contributed by atoms with Gasteiger partial charge in [0.15, 0.2) is 0 Å². The van der Waals surface area contributed by atoms with Crippen molar-refractivity contribution in [2.24, 2.45) is 0 Å². The Morgan fingerprint density at radius 2 is 2.00 bits per heavy atom. The van der Waals surface area contributed by atoms with Gasteiger partial charge in [-0.05, 0) is 29.2 Å². The molecule has 1 aromatic rings. The number of benzene rings is 1. The van der Waals surface area contributed by atoms with Crippen LogP contribution in [0, 0.1) is 6.92 Å². The second-order valence-electron chi connectivity index (χ2n) is 3.29. The van der Waals surface area contributed by atoms with Crippen molar-refractivity contribution in [1.29, 1.82) is 0 Å². The van der Waals surface area contributed by atoms with E-state index in [2.05, 4.69) is 39.0 Å². The summed E-state index contributed by atoms with van der Waals surface area (Å²) in [5, 5.41) is 1.30. The molecule has 64 valence electrons. The van der Waals surface area contributed by atoms with Crippen LogP contribution in [0.1, 0.15) is 30.9 Å². The van der Waals surface area contributed by atoms with E-state index in [4.69, 9.17) is 11.1 Å². The fourth-order valence-electron chi connectivity index (χ4n) is 1.53. The Kier molecular flexibility index (Phi) is 3.36. The van der Waals surface area contributed by atoms with Crippen LogP contribution in [-0.4, -0.2) is 8.83 Å². The number of aryl methyl sites for hydroxylation is 1. The summed E-state index contributed by atoms with van der Waals surface area (Å²) in [6, 6.07) is 6.34. The first-order valence-electron chi connectivity index (χ1n) is 4.13. The summed E-state index contributed by atoms with van der Waals surface area (Å²) in [4.78, 5) is 0. The highest BCUT2D eigenvalue weighted by molar-refractivity contribution is 7.01. The van der Waals surface area contributed by atoms with Crippen molar-refractivity contribution >= 4 is 25.1 Å². The summed E-state index contributed by atoms with van der Waals surface area (Å²) in [6.07, 6.45) is 0. The number of rotatable bonds is 2. The van der Waals surface area contributed by atoms with Crippen LogP contribution >= 0.6 is 11.1 Å². The minimum Gasteiger partial charge on any atom is -0.165 e. The zero-order chi connectivity index (χ0) is 9.14. The van der Waals surface area contributed by atoms with Crippen molar-refractivity contribution in [2.75, 3.05) is 0 Å². The zero-order valence-electron chi connectivity index (χ0n) is 7.69. The zero-order valence-corrected chi connectivity index (χ0v) is 9.44. The first-order chi connectivity index (χ1) is 5.66. The van der Waals surface area contributed by atoms with Gasteiger partial charge in [-0.25, -0.2) is 0 Å². The maximum Gasteiger partial charge on any atom is 0.210 e. The summed E-state index contributed by atoms with van der Waals surface area (Å²) in [7, 11) is 0.390. The van der Waals surface area contributed by atoms with E-state index >= 15 is 0 Å². The fourth-order valence-corrected chi connectivity index (χ4v) is 2.77. The molecule has 12 heavy (non-hydrogen) atoms. The highest BCUT2D eigenvalue weighted by Gasteiger charge is 2.08. The van der Waals surface area contributed by atoms with Gasteiger partial charge in [0.05, 0.1) is 0 Å². The normalized spacial score (nSPS) is 10.8. The van der Waals surface area contributed by atoms with Crippen molar-refractivity contribution in [3.63, 3.8) is 0 Å². The fraction of sp³-hybridized carbons (Fsp3) is 0.400. The molecular weight excluding hydrogens is 184 g/mol. The molecule has 0 amide bonds. The molecule has 1 rings (SSSR count). The molecule has 0 bridgehead atoms. The average molecular weight is 197 g/mol. The average Bonchev–Trinajstić information content (AvgIpc) is 2.03. The smallest absolute Gasteiger partial charge is 0.165 e. The van der Waals surface area contributed by atoms with Crippen molar-refractivity contribution in [3.05, 3.63) is 29.3 Å². The monoisotopic (exact) mass is 196 g/mol. The van der Waals surface area contributed by atoms with Gasteiger partial charge in [0.25, 0.3) is 0 Å². The van der Waals surface area contributed by atoms with Crippen LogP contribution in [0.25, 0.3) is 0 Å². The van der Waals surface area contributed by atoms with Gasteiger partial charge in [0.2, 0.25) is 8.83 Å². The molecule has 1 aromatic carbocycles. The Morgan fingerprint density at radius 3 is 2.42 bits per heavy atom. The van der Waals surface area contributed by atoms with Crippen molar-refractivity contribution in [2.45, 2.75) is 26.7 Å². The minimum absolute atomic E-state index is 0.390. The third-order valence-corrected chi connectivity index (χ3v) is 3.25. The van der Waals surface area contributed by atoms with Crippen LogP contribution in [0.3, 0.4) is 0 Å².